The van der Waals surface area contributed by atoms with Gasteiger partial charge in [0.2, 0.25) is 5.88 Å². The molecule has 1 rings (SSSR count). The van der Waals surface area contributed by atoms with E-state index in [9.17, 15) is 0 Å². The number of rotatable bonds is 5. The molecule has 4 heteroatoms. The molecule has 1 unspecified atom stereocenters. The predicted molar refractivity (Wildman–Crippen MR) is 54.0 cm³/mol. The summed E-state index contributed by atoms with van der Waals surface area (Å²) >= 11 is 0. The Hall–Kier alpha value is -1.13. The fraction of sp³-hybridized carbons (Fsp3) is 0.500. The van der Waals surface area contributed by atoms with Crippen LogP contribution >= 0.6 is 0 Å². The molecule has 0 saturated carbocycles. The summed E-state index contributed by atoms with van der Waals surface area (Å²) in [4.78, 5) is 4.07. The average molecular weight is 196 g/mol. The van der Waals surface area contributed by atoms with Crippen LogP contribution in [0.4, 0.5) is 0 Å². The van der Waals surface area contributed by atoms with Crippen LogP contribution in [0.1, 0.15) is 24.9 Å². The number of hydrogen-bond acceptors (Lipinski definition) is 4. The van der Waals surface area contributed by atoms with E-state index in [1.807, 2.05) is 13.0 Å². The molecular formula is C10H16N2O2. The summed E-state index contributed by atoms with van der Waals surface area (Å²) in [6, 6.07) is 3.22. The van der Waals surface area contributed by atoms with E-state index in [1.165, 1.54) is 0 Å². The van der Waals surface area contributed by atoms with Crippen molar-refractivity contribution in [2.24, 2.45) is 5.73 Å². The second-order valence-corrected chi connectivity index (χ2v) is 3.07. The number of ether oxygens (including phenoxy) is 1. The standard InChI is InChI=1S/C10H16N2O2/c1-2-5-14-10-4-3-8(6-12-10)9(11)7-13/h3-4,6,9,13H,2,5,7,11H2,1H3. The molecule has 1 aromatic rings. The van der Waals surface area contributed by atoms with Crippen molar-refractivity contribution in [2.75, 3.05) is 13.2 Å². The smallest absolute Gasteiger partial charge is 0.213 e. The fourth-order valence-electron chi connectivity index (χ4n) is 1.01. The van der Waals surface area contributed by atoms with Crippen molar-refractivity contribution >= 4 is 0 Å². The minimum Gasteiger partial charge on any atom is -0.478 e. The van der Waals surface area contributed by atoms with Gasteiger partial charge in [-0.3, -0.25) is 0 Å². The van der Waals surface area contributed by atoms with Crippen molar-refractivity contribution in [3.05, 3.63) is 23.9 Å². The van der Waals surface area contributed by atoms with E-state index >= 15 is 0 Å². The monoisotopic (exact) mass is 196 g/mol. The molecule has 0 saturated heterocycles. The van der Waals surface area contributed by atoms with Gasteiger partial charge in [0.1, 0.15) is 0 Å². The van der Waals surface area contributed by atoms with E-state index in [2.05, 4.69) is 4.98 Å². The second kappa shape index (κ2) is 5.57. The Morgan fingerprint density at radius 1 is 1.57 bits per heavy atom. The summed E-state index contributed by atoms with van der Waals surface area (Å²) in [6.45, 7) is 2.63. The summed E-state index contributed by atoms with van der Waals surface area (Å²) in [5, 5.41) is 8.81. The zero-order valence-corrected chi connectivity index (χ0v) is 8.31. The third-order valence-corrected chi connectivity index (χ3v) is 1.84. The SMILES string of the molecule is CCCOc1ccc(C(N)CO)cn1. The van der Waals surface area contributed by atoms with Gasteiger partial charge in [0.15, 0.2) is 0 Å². The molecular weight excluding hydrogens is 180 g/mol. The summed E-state index contributed by atoms with van der Waals surface area (Å²) in [5.74, 6) is 0.598. The second-order valence-electron chi connectivity index (χ2n) is 3.07. The first kappa shape index (κ1) is 10.9. The number of nitrogens with two attached hydrogens (primary N) is 1. The van der Waals surface area contributed by atoms with Crippen molar-refractivity contribution in [2.45, 2.75) is 19.4 Å². The largest absolute Gasteiger partial charge is 0.478 e. The van der Waals surface area contributed by atoms with Gasteiger partial charge in [0.25, 0.3) is 0 Å². The van der Waals surface area contributed by atoms with Crippen LogP contribution in [-0.2, 0) is 0 Å². The first-order valence-corrected chi connectivity index (χ1v) is 4.73. The number of nitrogens with zero attached hydrogens (tertiary/aromatic N) is 1. The minimum absolute atomic E-state index is 0.0726. The quantitative estimate of drug-likeness (QED) is 0.733. The number of aliphatic hydroxyl groups is 1. The maximum atomic E-state index is 8.81. The van der Waals surface area contributed by atoms with Crippen molar-refractivity contribution in [1.29, 1.82) is 0 Å². The Morgan fingerprint density at radius 2 is 2.36 bits per heavy atom. The molecule has 0 bridgehead atoms. The van der Waals surface area contributed by atoms with Crippen molar-refractivity contribution in [3.63, 3.8) is 0 Å². The van der Waals surface area contributed by atoms with E-state index < -0.39 is 0 Å². The van der Waals surface area contributed by atoms with Crippen LogP contribution in [-0.4, -0.2) is 23.3 Å². The molecule has 0 spiro atoms. The Kier molecular flexibility index (Phi) is 4.35. The van der Waals surface area contributed by atoms with Gasteiger partial charge < -0.3 is 15.6 Å². The first-order valence-electron chi connectivity index (χ1n) is 4.73. The molecule has 0 aliphatic carbocycles. The first-order chi connectivity index (χ1) is 6.77. The van der Waals surface area contributed by atoms with Gasteiger partial charge >= 0.3 is 0 Å². The van der Waals surface area contributed by atoms with Crippen molar-refractivity contribution in [3.8, 4) is 5.88 Å². The molecule has 1 aromatic heterocycles. The molecule has 0 aliphatic rings. The Balaban J connectivity index is 2.59. The van der Waals surface area contributed by atoms with Crippen LogP contribution in [0.3, 0.4) is 0 Å². The van der Waals surface area contributed by atoms with Gasteiger partial charge in [0, 0.05) is 12.3 Å². The van der Waals surface area contributed by atoms with E-state index in [4.69, 9.17) is 15.6 Å². The molecule has 0 fully saturated rings. The van der Waals surface area contributed by atoms with Crippen molar-refractivity contribution < 1.29 is 9.84 Å². The van der Waals surface area contributed by atoms with Gasteiger partial charge in [-0.05, 0) is 12.0 Å². The number of pyridine rings is 1. The third-order valence-electron chi connectivity index (χ3n) is 1.84. The minimum atomic E-state index is -0.359. The van der Waals surface area contributed by atoms with Crippen LogP contribution in [0.2, 0.25) is 0 Å². The van der Waals surface area contributed by atoms with Crippen LogP contribution in [0.15, 0.2) is 18.3 Å². The molecule has 3 N–H and O–H groups in total. The average Bonchev–Trinajstić information content (AvgIpc) is 2.26. The lowest BCUT2D eigenvalue weighted by atomic mass is 10.1. The Bertz CT molecular complexity index is 261. The zero-order chi connectivity index (χ0) is 10.4. The van der Waals surface area contributed by atoms with Crippen LogP contribution in [0, 0.1) is 0 Å². The molecule has 0 amide bonds. The predicted octanol–water partition coefficient (Wildman–Crippen LogP) is 0.862. The number of aromatic nitrogens is 1. The van der Waals surface area contributed by atoms with Crippen LogP contribution in [0.25, 0.3) is 0 Å². The van der Waals surface area contributed by atoms with E-state index in [0.29, 0.717) is 12.5 Å². The highest BCUT2D eigenvalue weighted by molar-refractivity contribution is 5.20. The van der Waals surface area contributed by atoms with Gasteiger partial charge in [0.05, 0.1) is 19.3 Å². The topological polar surface area (TPSA) is 68.4 Å². The third kappa shape index (κ3) is 2.97. The van der Waals surface area contributed by atoms with Gasteiger partial charge in [-0.1, -0.05) is 13.0 Å². The van der Waals surface area contributed by atoms with Gasteiger partial charge in [-0.2, -0.15) is 0 Å². The number of aliphatic hydroxyl groups excluding tert-OH is 1. The Morgan fingerprint density at radius 3 is 2.86 bits per heavy atom. The summed E-state index contributed by atoms with van der Waals surface area (Å²) in [7, 11) is 0. The highest BCUT2D eigenvalue weighted by atomic mass is 16.5. The lowest BCUT2D eigenvalue weighted by Crippen LogP contribution is -2.14. The van der Waals surface area contributed by atoms with E-state index in [-0.39, 0.29) is 12.6 Å². The lowest BCUT2D eigenvalue weighted by Gasteiger charge is -2.08. The van der Waals surface area contributed by atoms with Crippen molar-refractivity contribution in [1.82, 2.24) is 4.98 Å². The van der Waals surface area contributed by atoms with E-state index in [0.717, 1.165) is 12.0 Å². The molecule has 78 valence electrons. The highest BCUT2D eigenvalue weighted by Crippen LogP contribution is 2.12. The normalized spacial score (nSPS) is 12.5. The molecule has 4 nitrogen and oxygen atoms in total. The zero-order valence-electron chi connectivity index (χ0n) is 8.31. The molecule has 0 radical (unpaired) electrons. The molecule has 1 heterocycles. The van der Waals surface area contributed by atoms with Crippen LogP contribution < -0.4 is 10.5 Å². The lowest BCUT2D eigenvalue weighted by molar-refractivity contribution is 0.267. The van der Waals surface area contributed by atoms with Gasteiger partial charge in [-0.15, -0.1) is 0 Å². The Labute approximate surface area is 83.7 Å². The van der Waals surface area contributed by atoms with Gasteiger partial charge in [-0.25, -0.2) is 4.98 Å². The van der Waals surface area contributed by atoms with E-state index in [1.54, 1.807) is 12.3 Å². The summed E-state index contributed by atoms with van der Waals surface area (Å²) in [6.07, 6.45) is 2.59. The highest BCUT2D eigenvalue weighted by Gasteiger charge is 2.04. The molecule has 0 aliphatic heterocycles. The maximum Gasteiger partial charge on any atom is 0.213 e. The number of hydrogen-bond donors (Lipinski definition) is 2. The summed E-state index contributed by atoms with van der Waals surface area (Å²) in [5.41, 5.74) is 6.43. The molecule has 14 heavy (non-hydrogen) atoms. The maximum absolute atomic E-state index is 8.81. The van der Waals surface area contributed by atoms with Crippen LogP contribution in [0.5, 0.6) is 5.88 Å². The summed E-state index contributed by atoms with van der Waals surface area (Å²) < 4.78 is 5.31. The molecule has 1 atom stereocenters. The molecule has 0 aromatic carbocycles. The fourth-order valence-corrected chi connectivity index (χ4v) is 1.01.